The third kappa shape index (κ3) is 4.05. The van der Waals surface area contributed by atoms with Crippen LogP contribution in [-0.2, 0) is 0 Å². The van der Waals surface area contributed by atoms with Gasteiger partial charge in [-0.15, -0.1) is 11.3 Å². The van der Waals surface area contributed by atoms with Gasteiger partial charge in [-0.25, -0.2) is 4.98 Å². The third-order valence-electron chi connectivity index (χ3n) is 3.88. The number of hydrogen-bond acceptors (Lipinski definition) is 5. The lowest BCUT2D eigenvalue weighted by molar-refractivity contribution is 0.101. The zero-order valence-corrected chi connectivity index (χ0v) is 15.3. The Morgan fingerprint density at radius 2 is 1.85 bits per heavy atom. The van der Waals surface area contributed by atoms with Gasteiger partial charge in [0.05, 0.1) is 5.69 Å². The van der Waals surface area contributed by atoms with E-state index in [-0.39, 0.29) is 5.78 Å². The normalized spacial score (nSPS) is 11.0. The van der Waals surface area contributed by atoms with Crippen molar-refractivity contribution in [2.24, 2.45) is 0 Å². The Morgan fingerprint density at radius 3 is 2.46 bits per heavy atom. The number of hydrogen-bond donors (Lipinski definition) is 1. The van der Waals surface area contributed by atoms with E-state index in [0.29, 0.717) is 16.1 Å². The van der Waals surface area contributed by atoms with Crippen molar-refractivity contribution in [3.05, 3.63) is 76.2 Å². The van der Waals surface area contributed by atoms with Gasteiger partial charge in [0.1, 0.15) is 16.6 Å². The molecule has 0 aliphatic carbocycles. The lowest BCUT2D eigenvalue weighted by Gasteiger charge is -2.02. The fourth-order valence-electron chi connectivity index (χ4n) is 2.35. The number of carbonyl (C=O) groups is 1. The van der Waals surface area contributed by atoms with Crippen LogP contribution in [0.1, 0.15) is 27.9 Å². The van der Waals surface area contributed by atoms with Crippen LogP contribution >= 0.6 is 11.3 Å². The second kappa shape index (κ2) is 7.77. The molecule has 1 N–H and O–H groups in total. The zero-order valence-electron chi connectivity index (χ0n) is 14.5. The summed E-state index contributed by atoms with van der Waals surface area (Å²) in [6.45, 7) is 3.58. The van der Waals surface area contributed by atoms with Crippen molar-refractivity contribution in [1.82, 2.24) is 4.98 Å². The van der Waals surface area contributed by atoms with Crippen LogP contribution in [-0.4, -0.2) is 10.8 Å². The van der Waals surface area contributed by atoms with Gasteiger partial charge < -0.3 is 5.32 Å². The van der Waals surface area contributed by atoms with Crippen LogP contribution in [0.2, 0.25) is 0 Å². The molecule has 1 aromatic heterocycles. The summed E-state index contributed by atoms with van der Waals surface area (Å²) in [5.74, 6) is 0.0243. The molecule has 0 amide bonds. The van der Waals surface area contributed by atoms with Crippen molar-refractivity contribution in [2.75, 3.05) is 5.32 Å². The van der Waals surface area contributed by atoms with Crippen LogP contribution in [0.5, 0.6) is 0 Å². The molecule has 0 saturated heterocycles. The second-order valence-corrected chi connectivity index (χ2v) is 6.71. The van der Waals surface area contributed by atoms with E-state index in [1.54, 1.807) is 18.3 Å². The summed E-state index contributed by atoms with van der Waals surface area (Å²) >= 11 is 1.44. The van der Waals surface area contributed by atoms with E-state index in [2.05, 4.69) is 16.4 Å². The highest BCUT2D eigenvalue weighted by molar-refractivity contribution is 7.11. The number of Topliss-reactive ketones (excluding diaryl/α,β-unsaturated/α-hetero) is 1. The summed E-state index contributed by atoms with van der Waals surface area (Å²) in [5, 5.41) is 15.2. The van der Waals surface area contributed by atoms with Crippen molar-refractivity contribution >= 4 is 28.4 Å². The summed E-state index contributed by atoms with van der Waals surface area (Å²) in [6, 6.07) is 17.4. The molecule has 0 bridgehead atoms. The molecule has 1 heterocycles. The number of benzene rings is 2. The van der Waals surface area contributed by atoms with E-state index in [1.807, 2.05) is 48.7 Å². The van der Waals surface area contributed by atoms with Gasteiger partial charge in [-0.3, -0.25) is 4.79 Å². The average Bonchev–Trinajstić information content (AvgIpc) is 3.13. The molecule has 0 atom stereocenters. The first-order chi connectivity index (χ1) is 12.6. The second-order valence-electron chi connectivity index (χ2n) is 5.85. The fourth-order valence-corrected chi connectivity index (χ4v) is 3.15. The Kier molecular flexibility index (Phi) is 5.26. The predicted molar refractivity (Wildman–Crippen MR) is 106 cm³/mol. The monoisotopic (exact) mass is 359 g/mol. The van der Waals surface area contributed by atoms with Crippen molar-refractivity contribution in [3.8, 4) is 17.3 Å². The first-order valence-corrected chi connectivity index (χ1v) is 8.95. The zero-order chi connectivity index (χ0) is 18.5. The molecule has 26 heavy (non-hydrogen) atoms. The Hall–Kier alpha value is -3.23. The predicted octanol–water partition coefficient (Wildman–Crippen LogP) is 5.30. The number of aromatic nitrogens is 1. The number of aryl methyl sites for hydroxylation is 1. The number of nitrogens with zero attached hydrogens (tertiary/aromatic N) is 2. The first-order valence-electron chi connectivity index (χ1n) is 8.07. The molecule has 4 nitrogen and oxygen atoms in total. The molecule has 2 aromatic carbocycles. The average molecular weight is 359 g/mol. The fraction of sp³-hybridized carbons (Fsp3) is 0.0952. The number of rotatable bonds is 5. The van der Waals surface area contributed by atoms with Crippen molar-refractivity contribution < 1.29 is 4.79 Å². The molecule has 0 aliphatic rings. The summed E-state index contributed by atoms with van der Waals surface area (Å²) in [7, 11) is 0. The number of allylic oxidation sites excluding steroid dienone is 1. The number of thiazole rings is 1. The van der Waals surface area contributed by atoms with Gasteiger partial charge in [-0.05, 0) is 38.1 Å². The molecule has 0 spiro atoms. The van der Waals surface area contributed by atoms with Crippen molar-refractivity contribution in [1.29, 1.82) is 5.26 Å². The Bertz CT molecular complexity index is 993. The van der Waals surface area contributed by atoms with Gasteiger partial charge in [0.25, 0.3) is 0 Å². The van der Waals surface area contributed by atoms with E-state index >= 15 is 0 Å². The summed E-state index contributed by atoms with van der Waals surface area (Å²) < 4.78 is 0. The van der Waals surface area contributed by atoms with Gasteiger partial charge >= 0.3 is 0 Å². The number of carbonyl (C=O) groups excluding carboxylic acids is 1. The van der Waals surface area contributed by atoms with E-state index in [4.69, 9.17) is 0 Å². The Balaban J connectivity index is 1.78. The maximum atomic E-state index is 11.3. The van der Waals surface area contributed by atoms with Crippen LogP contribution in [0.3, 0.4) is 0 Å². The van der Waals surface area contributed by atoms with Gasteiger partial charge in [0.2, 0.25) is 0 Å². The highest BCUT2D eigenvalue weighted by Gasteiger charge is 2.09. The lowest BCUT2D eigenvalue weighted by atomic mass is 10.1. The number of anilines is 1. The maximum absolute atomic E-state index is 11.3. The van der Waals surface area contributed by atoms with Crippen molar-refractivity contribution in [3.63, 3.8) is 0 Å². The molecule has 0 aliphatic heterocycles. The molecule has 0 saturated carbocycles. The quantitative estimate of drug-likeness (QED) is 0.496. The van der Waals surface area contributed by atoms with E-state index < -0.39 is 0 Å². The van der Waals surface area contributed by atoms with Crippen LogP contribution in [0.25, 0.3) is 16.8 Å². The van der Waals surface area contributed by atoms with Gasteiger partial charge in [-0.2, -0.15) is 5.26 Å². The van der Waals surface area contributed by atoms with Crippen molar-refractivity contribution in [2.45, 2.75) is 13.8 Å². The molecule has 0 unspecified atom stereocenters. The Labute approximate surface area is 156 Å². The van der Waals surface area contributed by atoms with Gasteiger partial charge in [-0.1, -0.05) is 29.8 Å². The molecule has 128 valence electrons. The first kappa shape index (κ1) is 17.6. The minimum Gasteiger partial charge on any atom is -0.360 e. The van der Waals surface area contributed by atoms with Crippen LogP contribution in [0.15, 0.2) is 60.1 Å². The highest BCUT2D eigenvalue weighted by atomic mass is 32.1. The topological polar surface area (TPSA) is 65.8 Å². The van der Waals surface area contributed by atoms with E-state index in [9.17, 15) is 10.1 Å². The van der Waals surface area contributed by atoms with Crippen LogP contribution in [0, 0.1) is 18.3 Å². The SMILES string of the molecule is CC(=O)c1ccc(N/C=C(/C#N)c2nc(-c3ccc(C)cc3)cs2)cc1. The molecule has 0 radical (unpaired) electrons. The number of nitrogens with one attached hydrogen (secondary N) is 1. The molecule has 0 fully saturated rings. The van der Waals surface area contributed by atoms with Gasteiger partial charge in [0.15, 0.2) is 5.78 Å². The Morgan fingerprint density at radius 1 is 1.15 bits per heavy atom. The van der Waals surface area contributed by atoms with Crippen LogP contribution in [0.4, 0.5) is 5.69 Å². The lowest BCUT2D eigenvalue weighted by Crippen LogP contribution is -1.94. The summed E-state index contributed by atoms with van der Waals surface area (Å²) in [6.07, 6.45) is 1.64. The van der Waals surface area contributed by atoms with Crippen LogP contribution < -0.4 is 5.32 Å². The highest BCUT2D eigenvalue weighted by Crippen LogP contribution is 2.26. The molecule has 3 aromatic rings. The maximum Gasteiger partial charge on any atom is 0.159 e. The van der Waals surface area contributed by atoms with E-state index in [0.717, 1.165) is 16.9 Å². The minimum atomic E-state index is 0.0243. The largest absolute Gasteiger partial charge is 0.360 e. The minimum absolute atomic E-state index is 0.0243. The molecule has 3 rings (SSSR count). The molecular formula is C21H17N3OS. The number of ketones is 1. The summed E-state index contributed by atoms with van der Waals surface area (Å²) in [5.41, 5.74) is 5.01. The van der Waals surface area contributed by atoms with E-state index in [1.165, 1.54) is 23.8 Å². The smallest absolute Gasteiger partial charge is 0.159 e. The standard InChI is InChI=1S/C21H17N3OS/c1-14-3-5-17(6-4-14)20-13-26-21(24-20)18(11-22)12-23-19-9-7-16(8-10-19)15(2)25/h3-10,12-13,23H,1-2H3/b18-12-. The third-order valence-corrected chi connectivity index (χ3v) is 4.75. The molecular weight excluding hydrogens is 342 g/mol. The summed E-state index contributed by atoms with van der Waals surface area (Å²) in [4.78, 5) is 15.9. The molecule has 5 heteroatoms. The van der Waals surface area contributed by atoms with Gasteiger partial charge in [0, 0.05) is 28.4 Å². The number of nitriles is 1.